The highest BCUT2D eigenvalue weighted by Crippen LogP contribution is 2.32. The van der Waals surface area contributed by atoms with Gasteiger partial charge < -0.3 is 9.47 Å². The highest BCUT2D eigenvalue weighted by atomic mass is 28.3. The van der Waals surface area contributed by atoms with Crippen LogP contribution in [0, 0.1) is 0 Å². The highest BCUT2D eigenvalue weighted by molar-refractivity contribution is 6.76. The van der Waals surface area contributed by atoms with E-state index in [1.165, 1.54) is 31.9 Å². The SMILES string of the molecule is COc1c([Si](C)C)cc(C(C)(C)c2cc([Si](C)C)c(OC)c([Si](C)C)c2)cc1[Si](C)C. The Morgan fingerprint density at radius 3 is 0.903 bits per heavy atom. The number of rotatable bonds is 8. The van der Waals surface area contributed by atoms with Crippen molar-refractivity contribution < 1.29 is 9.47 Å². The summed E-state index contributed by atoms with van der Waals surface area (Å²) >= 11 is 0. The zero-order valence-corrected chi connectivity index (χ0v) is 25.6. The lowest BCUT2D eigenvalue weighted by Crippen LogP contribution is -2.39. The fourth-order valence-corrected chi connectivity index (χ4v) is 8.86. The molecule has 0 saturated carbocycles. The molecular formula is C25H40O2Si4. The third-order valence-corrected chi connectivity index (χ3v) is 12.0. The van der Waals surface area contributed by atoms with Gasteiger partial charge in [-0.3, -0.25) is 0 Å². The van der Waals surface area contributed by atoms with Gasteiger partial charge in [-0.25, -0.2) is 0 Å². The van der Waals surface area contributed by atoms with E-state index >= 15 is 0 Å². The van der Waals surface area contributed by atoms with E-state index in [9.17, 15) is 0 Å². The van der Waals surface area contributed by atoms with Gasteiger partial charge in [-0.2, -0.15) is 0 Å². The predicted molar refractivity (Wildman–Crippen MR) is 147 cm³/mol. The van der Waals surface area contributed by atoms with Gasteiger partial charge in [-0.05, 0) is 31.9 Å². The second-order valence-corrected chi connectivity index (χ2v) is 20.0. The number of methoxy groups -OCH3 is 2. The van der Waals surface area contributed by atoms with Crippen molar-refractivity contribution >= 4 is 55.9 Å². The standard InChI is InChI=1S/C25H40O2Si4/c1-25(2,17-13-19(28(5)6)23(26-3)20(14-17)29(7)8)18-15-21(30(9)10)24(27-4)22(16-18)31(11)12/h13-16H,1-12H3. The van der Waals surface area contributed by atoms with Crippen molar-refractivity contribution in [2.24, 2.45) is 0 Å². The van der Waals surface area contributed by atoms with Crippen LogP contribution in [0.4, 0.5) is 0 Å². The normalized spacial score (nSPS) is 12.4. The van der Waals surface area contributed by atoms with Crippen molar-refractivity contribution in [1.29, 1.82) is 0 Å². The summed E-state index contributed by atoms with van der Waals surface area (Å²) in [5, 5.41) is 5.72. The first-order valence-electron chi connectivity index (χ1n) is 11.0. The molecule has 0 aliphatic rings. The van der Waals surface area contributed by atoms with Crippen molar-refractivity contribution in [2.45, 2.75) is 71.6 Å². The molecule has 6 heteroatoms. The molecule has 0 unspecified atom stereocenters. The molecule has 0 amide bonds. The van der Waals surface area contributed by atoms with Crippen molar-refractivity contribution in [3.8, 4) is 11.5 Å². The van der Waals surface area contributed by atoms with E-state index in [4.69, 9.17) is 9.47 Å². The molecule has 0 aliphatic carbocycles. The predicted octanol–water partition coefficient (Wildman–Crippen LogP) is 3.88. The molecule has 168 valence electrons. The van der Waals surface area contributed by atoms with Crippen LogP contribution in [-0.2, 0) is 5.41 Å². The van der Waals surface area contributed by atoms with Gasteiger partial charge >= 0.3 is 0 Å². The van der Waals surface area contributed by atoms with Crippen LogP contribution in [0.15, 0.2) is 24.3 Å². The first-order valence-corrected chi connectivity index (χ1v) is 21.0. The number of benzene rings is 2. The molecule has 0 bridgehead atoms. The van der Waals surface area contributed by atoms with Gasteiger partial charge in [-0.15, -0.1) is 0 Å². The fraction of sp³-hybridized carbons (Fsp3) is 0.520. The summed E-state index contributed by atoms with van der Waals surface area (Å²) in [4.78, 5) is 0. The minimum absolute atomic E-state index is 0.0746. The van der Waals surface area contributed by atoms with Crippen LogP contribution in [0.3, 0.4) is 0 Å². The summed E-state index contributed by atoms with van der Waals surface area (Å²) in [6, 6.07) is 9.77. The van der Waals surface area contributed by atoms with Crippen LogP contribution in [0.2, 0.25) is 52.4 Å². The smallest absolute Gasteiger partial charge is 0.116 e. The molecule has 2 nitrogen and oxygen atoms in total. The molecule has 31 heavy (non-hydrogen) atoms. The minimum Gasteiger partial charge on any atom is -0.497 e. The van der Waals surface area contributed by atoms with Crippen molar-refractivity contribution in [2.75, 3.05) is 14.2 Å². The highest BCUT2D eigenvalue weighted by Gasteiger charge is 2.30. The lowest BCUT2D eigenvalue weighted by molar-refractivity contribution is 0.420. The monoisotopic (exact) mass is 484 g/mol. The Morgan fingerprint density at radius 2 is 0.742 bits per heavy atom. The van der Waals surface area contributed by atoms with Gasteiger partial charge in [-0.1, -0.05) is 90.5 Å². The van der Waals surface area contributed by atoms with Crippen LogP contribution >= 0.6 is 0 Å². The summed E-state index contributed by atoms with van der Waals surface area (Å²) in [5.74, 6) is 2.29. The van der Waals surface area contributed by atoms with Gasteiger partial charge in [0.05, 0.1) is 49.4 Å². The molecule has 0 saturated heterocycles. The molecule has 2 aromatic carbocycles. The lowest BCUT2D eigenvalue weighted by Gasteiger charge is -2.32. The van der Waals surface area contributed by atoms with Crippen molar-refractivity contribution in [3.05, 3.63) is 35.4 Å². The van der Waals surface area contributed by atoms with E-state index in [1.54, 1.807) is 0 Å². The molecule has 0 N–H and O–H groups in total. The largest absolute Gasteiger partial charge is 0.497 e. The van der Waals surface area contributed by atoms with E-state index in [0.717, 1.165) is 11.5 Å². The van der Waals surface area contributed by atoms with Crippen LogP contribution in [0.1, 0.15) is 25.0 Å². The second-order valence-electron chi connectivity index (χ2n) is 9.83. The van der Waals surface area contributed by atoms with Crippen LogP contribution in [0.5, 0.6) is 11.5 Å². The zero-order chi connectivity index (χ0) is 23.7. The van der Waals surface area contributed by atoms with Crippen molar-refractivity contribution in [3.63, 3.8) is 0 Å². The molecule has 0 spiro atoms. The summed E-state index contributed by atoms with van der Waals surface area (Å²) in [6.45, 7) is 23.8. The third kappa shape index (κ3) is 5.29. The molecule has 4 radical (unpaired) electrons. The Hall–Kier alpha value is -1.09. The Morgan fingerprint density at radius 1 is 0.516 bits per heavy atom. The molecular weight excluding hydrogens is 445 g/mol. The number of hydrogen-bond acceptors (Lipinski definition) is 2. The molecule has 2 aromatic rings. The van der Waals surface area contributed by atoms with Gasteiger partial charge in [0, 0.05) is 5.41 Å². The van der Waals surface area contributed by atoms with Gasteiger partial charge in [0.1, 0.15) is 11.5 Å². The summed E-state index contributed by atoms with van der Waals surface area (Å²) in [6.07, 6.45) is 0. The maximum absolute atomic E-state index is 5.95. The van der Waals surface area contributed by atoms with E-state index in [-0.39, 0.29) is 5.41 Å². The fourth-order valence-electron chi connectivity index (χ4n) is 4.07. The Bertz CT molecular complexity index is 786. The molecule has 0 atom stereocenters. The maximum atomic E-state index is 5.95. The minimum atomic E-state index is -0.644. The third-order valence-electron chi connectivity index (χ3n) is 6.18. The van der Waals surface area contributed by atoms with E-state index in [0.29, 0.717) is 0 Å². The van der Waals surface area contributed by atoms with Crippen molar-refractivity contribution in [1.82, 2.24) is 0 Å². The molecule has 2 rings (SSSR count). The van der Waals surface area contributed by atoms with Gasteiger partial charge in [0.15, 0.2) is 0 Å². The van der Waals surface area contributed by atoms with Crippen LogP contribution < -0.4 is 30.2 Å². The number of ether oxygens (including phenoxy) is 2. The molecule has 0 fully saturated rings. The summed E-state index contributed by atoms with van der Waals surface area (Å²) in [7, 11) is 1.10. The Labute approximate surface area is 197 Å². The Kier molecular flexibility index (Phi) is 8.64. The average molecular weight is 485 g/mol. The molecule has 0 aliphatic heterocycles. The second kappa shape index (κ2) is 10.2. The van der Waals surface area contributed by atoms with E-state index in [1.807, 2.05) is 14.2 Å². The average Bonchev–Trinajstić information content (AvgIpc) is 2.70. The van der Waals surface area contributed by atoms with Crippen LogP contribution in [-0.4, -0.2) is 49.4 Å². The van der Waals surface area contributed by atoms with Gasteiger partial charge in [0.25, 0.3) is 0 Å². The summed E-state index contributed by atoms with van der Waals surface area (Å²) in [5.41, 5.74) is 2.76. The maximum Gasteiger partial charge on any atom is 0.116 e. The topological polar surface area (TPSA) is 18.5 Å². The first-order chi connectivity index (χ1) is 14.4. The zero-order valence-electron chi connectivity index (χ0n) is 21.6. The van der Waals surface area contributed by atoms with E-state index in [2.05, 4.69) is 90.5 Å². The first kappa shape index (κ1) is 26.2. The van der Waals surface area contributed by atoms with Crippen LogP contribution in [0.25, 0.3) is 0 Å². The summed E-state index contributed by atoms with van der Waals surface area (Å²) < 4.78 is 11.9. The molecule has 0 heterocycles. The van der Waals surface area contributed by atoms with Gasteiger partial charge in [0.2, 0.25) is 0 Å². The number of hydrogen-bond donors (Lipinski definition) is 0. The Balaban J connectivity index is 2.83. The van der Waals surface area contributed by atoms with E-state index < -0.39 is 35.2 Å². The lowest BCUT2D eigenvalue weighted by atomic mass is 9.78. The quantitative estimate of drug-likeness (QED) is 0.530. The molecule has 0 aromatic heterocycles.